The molecule has 1 spiro atoms. The van der Waals surface area contributed by atoms with E-state index < -0.39 is 4.92 Å². The number of anilines is 1. The summed E-state index contributed by atoms with van der Waals surface area (Å²) < 4.78 is 6.01. The van der Waals surface area contributed by atoms with Gasteiger partial charge in [-0.25, -0.2) is 0 Å². The zero-order valence-corrected chi connectivity index (χ0v) is 11.5. The van der Waals surface area contributed by atoms with Crippen LogP contribution in [-0.2, 0) is 4.74 Å². The average Bonchev–Trinajstić information content (AvgIpc) is 2.49. The average molecular weight is 277 g/mol. The number of nitrogens with zero attached hydrogens (tertiary/aromatic N) is 3. The molecule has 0 amide bonds. The van der Waals surface area contributed by atoms with Crippen molar-refractivity contribution < 1.29 is 9.66 Å². The first kappa shape index (κ1) is 13.3. The van der Waals surface area contributed by atoms with Crippen LogP contribution >= 0.6 is 0 Å². The lowest BCUT2D eigenvalue weighted by atomic mass is 9.84. The number of pyridine rings is 1. The van der Waals surface area contributed by atoms with E-state index in [2.05, 4.69) is 9.88 Å². The topological polar surface area (TPSA) is 68.5 Å². The van der Waals surface area contributed by atoms with Crippen molar-refractivity contribution in [3.8, 4) is 0 Å². The molecule has 20 heavy (non-hydrogen) atoms. The Hall–Kier alpha value is -1.69. The Morgan fingerprint density at radius 1 is 1.25 bits per heavy atom. The number of hydrogen-bond donors (Lipinski definition) is 0. The van der Waals surface area contributed by atoms with Gasteiger partial charge in [-0.15, -0.1) is 0 Å². The van der Waals surface area contributed by atoms with E-state index in [1.807, 2.05) is 0 Å². The molecule has 6 nitrogen and oxygen atoms in total. The van der Waals surface area contributed by atoms with Crippen molar-refractivity contribution in [2.75, 3.05) is 24.6 Å². The fraction of sp³-hybridized carbons (Fsp3) is 0.643. The Balaban J connectivity index is 1.64. The minimum Gasteiger partial charge on any atom is -0.375 e. The van der Waals surface area contributed by atoms with Crippen LogP contribution in [0.3, 0.4) is 0 Å². The number of hydrogen-bond acceptors (Lipinski definition) is 5. The van der Waals surface area contributed by atoms with Gasteiger partial charge in [-0.1, -0.05) is 0 Å². The molecule has 0 aliphatic carbocycles. The second kappa shape index (κ2) is 5.36. The van der Waals surface area contributed by atoms with Crippen LogP contribution in [0.5, 0.6) is 0 Å². The van der Waals surface area contributed by atoms with E-state index in [9.17, 15) is 10.1 Å². The first-order chi connectivity index (χ1) is 9.69. The van der Waals surface area contributed by atoms with Gasteiger partial charge >= 0.3 is 5.82 Å². The van der Waals surface area contributed by atoms with Gasteiger partial charge in [0.1, 0.15) is 0 Å². The van der Waals surface area contributed by atoms with Crippen molar-refractivity contribution in [1.29, 1.82) is 0 Å². The molecule has 2 aliphatic rings. The number of ether oxygens (including phenoxy) is 1. The monoisotopic (exact) mass is 277 g/mol. The van der Waals surface area contributed by atoms with Gasteiger partial charge < -0.3 is 19.8 Å². The summed E-state index contributed by atoms with van der Waals surface area (Å²) in [7, 11) is 0. The zero-order chi connectivity index (χ0) is 14.0. The van der Waals surface area contributed by atoms with Crippen LogP contribution in [0.15, 0.2) is 18.3 Å². The van der Waals surface area contributed by atoms with Crippen molar-refractivity contribution in [1.82, 2.24) is 4.98 Å². The molecule has 0 unspecified atom stereocenters. The lowest BCUT2D eigenvalue weighted by Gasteiger charge is -2.44. The quantitative estimate of drug-likeness (QED) is 0.613. The third-order valence-electron chi connectivity index (χ3n) is 4.39. The molecule has 6 heteroatoms. The highest BCUT2D eigenvalue weighted by molar-refractivity contribution is 5.47. The number of piperidine rings is 1. The van der Waals surface area contributed by atoms with Gasteiger partial charge in [-0.3, -0.25) is 0 Å². The Kier molecular flexibility index (Phi) is 3.56. The van der Waals surface area contributed by atoms with E-state index in [0.717, 1.165) is 38.2 Å². The minimum atomic E-state index is -0.467. The summed E-state index contributed by atoms with van der Waals surface area (Å²) in [6, 6.07) is 3.25. The van der Waals surface area contributed by atoms with Crippen LogP contribution in [0.2, 0.25) is 0 Å². The van der Waals surface area contributed by atoms with Gasteiger partial charge in [-0.2, -0.15) is 0 Å². The molecule has 3 heterocycles. The first-order valence-corrected chi connectivity index (χ1v) is 7.18. The molecule has 0 bridgehead atoms. The molecule has 2 aliphatic heterocycles. The molecule has 0 atom stereocenters. The molecule has 0 radical (unpaired) electrons. The van der Waals surface area contributed by atoms with E-state index >= 15 is 0 Å². The minimum absolute atomic E-state index is 0.0863. The summed E-state index contributed by atoms with van der Waals surface area (Å²) in [4.78, 5) is 16.3. The van der Waals surface area contributed by atoms with Gasteiger partial charge in [0.15, 0.2) is 6.20 Å². The molecule has 1 aromatic heterocycles. The molecule has 2 saturated heterocycles. The maximum atomic E-state index is 10.6. The van der Waals surface area contributed by atoms with Crippen LogP contribution < -0.4 is 4.90 Å². The van der Waals surface area contributed by atoms with E-state index in [0.29, 0.717) is 0 Å². The molecule has 108 valence electrons. The summed E-state index contributed by atoms with van der Waals surface area (Å²) in [6.07, 6.45) is 7.27. The van der Waals surface area contributed by atoms with Crippen LogP contribution in [0.25, 0.3) is 0 Å². The number of rotatable bonds is 2. The molecule has 1 aromatic rings. The molecule has 3 rings (SSSR count). The van der Waals surface area contributed by atoms with Gasteiger partial charge in [0.25, 0.3) is 0 Å². The van der Waals surface area contributed by atoms with Crippen LogP contribution in [0, 0.1) is 10.1 Å². The van der Waals surface area contributed by atoms with Crippen LogP contribution in [-0.4, -0.2) is 35.2 Å². The Labute approximate surface area is 117 Å². The van der Waals surface area contributed by atoms with Crippen molar-refractivity contribution in [2.24, 2.45) is 0 Å². The normalized spacial score (nSPS) is 21.9. The summed E-state index contributed by atoms with van der Waals surface area (Å²) >= 11 is 0. The van der Waals surface area contributed by atoms with E-state index in [4.69, 9.17) is 4.74 Å². The Morgan fingerprint density at radius 3 is 2.60 bits per heavy atom. The maximum absolute atomic E-state index is 10.6. The molecule has 0 N–H and O–H groups in total. The van der Waals surface area contributed by atoms with Gasteiger partial charge in [0.2, 0.25) is 0 Å². The molecular formula is C14H19N3O3. The van der Waals surface area contributed by atoms with Crippen molar-refractivity contribution in [3.05, 3.63) is 28.4 Å². The van der Waals surface area contributed by atoms with Crippen molar-refractivity contribution in [3.63, 3.8) is 0 Å². The molecule has 2 fully saturated rings. The van der Waals surface area contributed by atoms with Gasteiger partial charge in [-0.05, 0) is 48.1 Å². The summed E-state index contributed by atoms with van der Waals surface area (Å²) in [5.74, 6) is -0.0992. The summed E-state index contributed by atoms with van der Waals surface area (Å²) in [6.45, 7) is 2.75. The highest BCUT2D eigenvalue weighted by Gasteiger charge is 2.37. The maximum Gasteiger partial charge on any atom is 0.363 e. The Morgan fingerprint density at radius 2 is 2.05 bits per heavy atom. The predicted octanol–water partition coefficient (Wildman–Crippen LogP) is 2.53. The van der Waals surface area contributed by atoms with Crippen LogP contribution in [0.1, 0.15) is 32.1 Å². The van der Waals surface area contributed by atoms with E-state index in [1.165, 1.54) is 25.3 Å². The lowest BCUT2D eigenvalue weighted by molar-refractivity contribution is -0.389. The highest BCUT2D eigenvalue weighted by Crippen LogP contribution is 2.36. The fourth-order valence-corrected chi connectivity index (χ4v) is 3.15. The number of nitro groups is 1. The second-order valence-corrected chi connectivity index (χ2v) is 5.61. The fourth-order valence-electron chi connectivity index (χ4n) is 3.15. The smallest absolute Gasteiger partial charge is 0.363 e. The molecule has 0 aromatic carbocycles. The molecule has 0 saturated carbocycles. The van der Waals surface area contributed by atoms with E-state index in [-0.39, 0.29) is 11.4 Å². The van der Waals surface area contributed by atoms with Gasteiger partial charge in [0.05, 0.1) is 11.3 Å². The highest BCUT2D eigenvalue weighted by atomic mass is 16.6. The van der Waals surface area contributed by atoms with Crippen molar-refractivity contribution >= 4 is 11.5 Å². The number of aromatic nitrogens is 1. The molecular weight excluding hydrogens is 258 g/mol. The van der Waals surface area contributed by atoms with Crippen molar-refractivity contribution in [2.45, 2.75) is 37.7 Å². The zero-order valence-electron chi connectivity index (χ0n) is 11.5. The third kappa shape index (κ3) is 2.60. The first-order valence-electron chi connectivity index (χ1n) is 7.18. The second-order valence-electron chi connectivity index (χ2n) is 5.61. The SMILES string of the molecule is O=[N+]([O-])c1ccc(N2CCC3(CCCCO3)CC2)cn1. The van der Waals surface area contributed by atoms with E-state index in [1.54, 1.807) is 12.3 Å². The van der Waals surface area contributed by atoms with Crippen LogP contribution in [0.4, 0.5) is 11.5 Å². The Bertz CT molecular complexity index is 473. The standard InChI is InChI=1S/C14H19N3O3/c18-17(19)13-4-3-12(11-15-13)16-8-6-14(7-9-16)5-1-2-10-20-14/h3-4,11H,1-2,5-10H2. The lowest BCUT2D eigenvalue weighted by Crippen LogP contribution is -2.47. The largest absolute Gasteiger partial charge is 0.375 e. The third-order valence-corrected chi connectivity index (χ3v) is 4.39. The summed E-state index contributed by atoms with van der Waals surface area (Å²) in [5, 5.41) is 10.6. The van der Waals surface area contributed by atoms with Gasteiger partial charge in [0, 0.05) is 25.8 Å². The predicted molar refractivity (Wildman–Crippen MR) is 74.9 cm³/mol. The summed E-state index contributed by atoms with van der Waals surface area (Å²) in [5.41, 5.74) is 1.05.